The molecule has 118 valence electrons. The monoisotopic (exact) mass is 319 g/mol. The fourth-order valence-electron chi connectivity index (χ4n) is 2.18. The Morgan fingerprint density at radius 3 is 2.68 bits per heavy atom. The molecular weight excluding hydrogens is 298 g/mol. The number of hydrogen-bond donors (Lipinski definition) is 1. The highest BCUT2D eigenvalue weighted by Gasteiger charge is 2.16. The van der Waals surface area contributed by atoms with Crippen molar-refractivity contribution in [1.82, 2.24) is 9.88 Å². The summed E-state index contributed by atoms with van der Waals surface area (Å²) in [5, 5.41) is 1.58. The average Bonchev–Trinajstić information content (AvgIpc) is 2.50. The number of benzene rings is 1. The number of halogens is 1. The number of pyridine rings is 1. The van der Waals surface area contributed by atoms with Crippen molar-refractivity contribution in [1.29, 1.82) is 0 Å². The van der Waals surface area contributed by atoms with Gasteiger partial charge in [-0.15, -0.1) is 0 Å². The number of nitrogens with zero attached hydrogens (tertiary/aromatic N) is 2. The van der Waals surface area contributed by atoms with E-state index in [1.165, 1.54) is 0 Å². The summed E-state index contributed by atoms with van der Waals surface area (Å²) in [5.41, 5.74) is 7.18. The lowest BCUT2D eigenvalue weighted by Crippen LogP contribution is -2.35. The molecule has 0 bridgehead atoms. The molecule has 1 aromatic heterocycles. The fourth-order valence-corrected chi connectivity index (χ4v) is 2.35. The van der Waals surface area contributed by atoms with Gasteiger partial charge in [0.15, 0.2) is 0 Å². The first-order valence-corrected chi connectivity index (χ1v) is 7.83. The Hall–Kier alpha value is -1.65. The highest BCUT2D eigenvalue weighted by molar-refractivity contribution is 6.31. The highest BCUT2D eigenvalue weighted by Crippen LogP contribution is 2.18. The Morgan fingerprint density at radius 1 is 1.32 bits per heavy atom. The smallest absolute Gasteiger partial charge is 0.272 e. The topological polar surface area (TPSA) is 59.2 Å². The van der Waals surface area contributed by atoms with E-state index in [4.69, 9.17) is 17.3 Å². The van der Waals surface area contributed by atoms with Crippen LogP contribution >= 0.6 is 11.6 Å². The van der Waals surface area contributed by atoms with Crippen molar-refractivity contribution in [2.24, 2.45) is 11.7 Å². The largest absolute Gasteiger partial charge is 0.340 e. The molecule has 0 aliphatic carbocycles. The van der Waals surface area contributed by atoms with E-state index in [9.17, 15) is 4.79 Å². The molecule has 0 saturated carbocycles. The van der Waals surface area contributed by atoms with Crippen molar-refractivity contribution >= 4 is 28.4 Å². The number of hydrogen-bond acceptors (Lipinski definition) is 3. The standard InChI is InChI=1S/C17H22ClN3O/c1-11(2)14(19)8-9-21(3)17(22)15-7-5-12-4-6-13(18)10-16(12)20-15/h4-7,10-11,14H,8-9,19H2,1-3H3. The van der Waals surface area contributed by atoms with Crippen molar-refractivity contribution < 1.29 is 4.79 Å². The molecule has 1 unspecified atom stereocenters. The Balaban J connectivity index is 2.11. The van der Waals surface area contributed by atoms with Crippen LogP contribution in [0.25, 0.3) is 10.9 Å². The van der Waals surface area contributed by atoms with E-state index < -0.39 is 0 Å². The molecular formula is C17H22ClN3O. The van der Waals surface area contributed by atoms with Crippen LogP contribution in [0.4, 0.5) is 0 Å². The van der Waals surface area contributed by atoms with Gasteiger partial charge >= 0.3 is 0 Å². The number of nitrogens with two attached hydrogens (primary N) is 1. The summed E-state index contributed by atoms with van der Waals surface area (Å²) in [7, 11) is 1.78. The van der Waals surface area contributed by atoms with Gasteiger partial charge in [0.05, 0.1) is 5.52 Å². The molecule has 2 rings (SSSR count). The fraction of sp³-hybridized carbons (Fsp3) is 0.412. The first-order chi connectivity index (χ1) is 10.4. The number of aromatic nitrogens is 1. The van der Waals surface area contributed by atoms with E-state index in [1.54, 1.807) is 24.1 Å². The maximum Gasteiger partial charge on any atom is 0.272 e. The van der Waals surface area contributed by atoms with E-state index in [0.717, 1.165) is 17.3 Å². The molecule has 22 heavy (non-hydrogen) atoms. The van der Waals surface area contributed by atoms with Crippen LogP contribution in [0.1, 0.15) is 30.8 Å². The SMILES string of the molecule is CC(C)C(N)CCN(C)C(=O)c1ccc2ccc(Cl)cc2n1. The minimum atomic E-state index is -0.0992. The van der Waals surface area contributed by atoms with Crippen LogP contribution in [0.3, 0.4) is 0 Å². The zero-order valence-corrected chi connectivity index (χ0v) is 14.0. The van der Waals surface area contributed by atoms with E-state index >= 15 is 0 Å². The van der Waals surface area contributed by atoms with Gasteiger partial charge in [0.1, 0.15) is 5.69 Å². The zero-order chi connectivity index (χ0) is 16.3. The second-order valence-corrected chi connectivity index (χ2v) is 6.39. The number of carbonyl (C=O) groups excluding carboxylic acids is 1. The van der Waals surface area contributed by atoms with E-state index in [2.05, 4.69) is 18.8 Å². The first-order valence-electron chi connectivity index (χ1n) is 7.46. The Bertz CT molecular complexity index is 672. The summed E-state index contributed by atoms with van der Waals surface area (Å²) in [4.78, 5) is 18.5. The van der Waals surface area contributed by atoms with Crippen molar-refractivity contribution in [3.05, 3.63) is 41.0 Å². The summed E-state index contributed by atoms with van der Waals surface area (Å²) < 4.78 is 0. The number of amides is 1. The molecule has 2 N–H and O–H groups in total. The second kappa shape index (κ2) is 7.07. The maximum atomic E-state index is 12.4. The Kier molecular flexibility index (Phi) is 5.37. The van der Waals surface area contributed by atoms with Crippen LogP contribution in [0, 0.1) is 5.92 Å². The summed E-state index contributed by atoms with van der Waals surface area (Å²) >= 11 is 5.98. The van der Waals surface area contributed by atoms with Gasteiger partial charge in [-0.05, 0) is 30.5 Å². The second-order valence-electron chi connectivity index (χ2n) is 5.96. The van der Waals surface area contributed by atoms with E-state index in [-0.39, 0.29) is 11.9 Å². The van der Waals surface area contributed by atoms with Gasteiger partial charge in [0.25, 0.3) is 5.91 Å². The van der Waals surface area contributed by atoms with E-state index in [0.29, 0.717) is 23.2 Å². The molecule has 1 atom stereocenters. The predicted octanol–water partition coefficient (Wildman–Crippen LogP) is 3.33. The summed E-state index contributed by atoms with van der Waals surface area (Å²) in [6, 6.07) is 9.20. The average molecular weight is 320 g/mol. The number of carbonyl (C=O) groups is 1. The lowest BCUT2D eigenvalue weighted by atomic mass is 10.0. The van der Waals surface area contributed by atoms with Crippen LogP contribution < -0.4 is 5.73 Å². The van der Waals surface area contributed by atoms with Crippen molar-refractivity contribution in [2.45, 2.75) is 26.3 Å². The van der Waals surface area contributed by atoms with Gasteiger partial charge in [-0.1, -0.05) is 37.6 Å². The third kappa shape index (κ3) is 3.96. The van der Waals surface area contributed by atoms with Crippen LogP contribution in [-0.2, 0) is 0 Å². The van der Waals surface area contributed by atoms with Gasteiger partial charge in [0.2, 0.25) is 0 Å². The normalized spacial score (nSPS) is 12.6. The van der Waals surface area contributed by atoms with E-state index in [1.807, 2.05) is 18.2 Å². The Labute approximate surface area is 136 Å². The van der Waals surface area contributed by atoms with Crippen molar-refractivity contribution in [3.8, 4) is 0 Å². The maximum absolute atomic E-state index is 12.4. The molecule has 2 aromatic rings. The molecule has 0 spiro atoms. The third-order valence-corrected chi connectivity index (χ3v) is 4.11. The molecule has 4 nitrogen and oxygen atoms in total. The minimum Gasteiger partial charge on any atom is -0.340 e. The minimum absolute atomic E-state index is 0.0959. The third-order valence-electron chi connectivity index (χ3n) is 3.87. The van der Waals surface area contributed by atoms with Crippen LogP contribution in [-0.4, -0.2) is 35.4 Å². The zero-order valence-electron chi connectivity index (χ0n) is 13.2. The van der Waals surface area contributed by atoms with Gasteiger partial charge in [-0.3, -0.25) is 4.79 Å². The van der Waals surface area contributed by atoms with Crippen molar-refractivity contribution in [2.75, 3.05) is 13.6 Å². The van der Waals surface area contributed by atoms with Crippen molar-refractivity contribution in [3.63, 3.8) is 0 Å². The summed E-state index contributed by atoms with van der Waals surface area (Å²) in [6.45, 7) is 4.79. The van der Waals surface area contributed by atoms with Gasteiger partial charge in [-0.25, -0.2) is 4.98 Å². The van der Waals surface area contributed by atoms with Crippen LogP contribution in [0.15, 0.2) is 30.3 Å². The molecule has 0 saturated heterocycles. The molecule has 0 fully saturated rings. The molecule has 1 amide bonds. The van der Waals surface area contributed by atoms with Gasteiger partial charge in [-0.2, -0.15) is 0 Å². The summed E-state index contributed by atoms with van der Waals surface area (Å²) in [5.74, 6) is 0.308. The lowest BCUT2D eigenvalue weighted by Gasteiger charge is -2.21. The van der Waals surface area contributed by atoms with Gasteiger partial charge in [0, 0.05) is 30.0 Å². The molecule has 1 aromatic carbocycles. The highest BCUT2D eigenvalue weighted by atomic mass is 35.5. The lowest BCUT2D eigenvalue weighted by molar-refractivity contribution is 0.0784. The Morgan fingerprint density at radius 2 is 2.00 bits per heavy atom. The molecule has 0 aliphatic rings. The number of fused-ring (bicyclic) bond motifs is 1. The first kappa shape index (κ1) is 16.7. The molecule has 5 heteroatoms. The molecule has 0 radical (unpaired) electrons. The van der Waals surface area contributed by atoms with Crippen LogP contribution in [0.2, 0.25) is 5.02 Å². The molecule has 1 heterocycles. The van der Waals surface area contributed by atoms with Crippen LogP contribution in [0.5, 0.6) is 0 Å². The summed E-state index contributed by atoms with van der Waals surface area (Å²) in [6.07, 6.45) is 0.777. The number of rotatable bonds is 5. The molecule has 0 aliphatic heterocycles. The predicted molar refractivity (Wildman–Crippen MR) is 91.1 cm³/mol. The quantitative estimate of drug-likeness (QED) is 0.919. The van der Waals surface area contributed by atoms with Gasteiger partial charge < -0.3 is 10.6 Å².